The monoisotopic (exact) mass is 249 g/mol. The molecule has 0 saturated heterocycles. The summed E-state index contributed by atoms with van der Waals surface area (Å²) in [7, 11) is 0. The smallest absolute Gasteiger partial charge is 0.142 e. The van der Waals surface area contributed by atoms with Gasteiger partial charge < -0.3 is 10.1 Å². The fraction of sp³-hybridized carbons (Fsp3) is 0.625. The molecular weight excluding hydrogens is 222 g/mol. The minimum atomic E-state index is 0.469. The van der Waals surface area contributed by atoms with Gasteiger partial charge in [-0.15, -0.1) is 0 Å². The largest absolute Gasteiger partial charge is 0.491 e. The lowest BCUT2D eigenvalue weighted by Crippen LogP contribution is -2.18. The summed E-state index contributed by atoms with van der Waals surface area (Å²) in [5, 5.41) is 3.55. The zero-order valence-corrected chi connectivity index (χ0v) is 12.4. The average molecular weight is 249 g/mol. The highest BCUT2D eigenvalue weighted by atomic mass is 16.5. The molecule has 0 aliphatic heterocycles. The predicted molar refractivity (Wildman–Crippen MR) is 79.5 cm³/mol. The second kappa shape index (κ2) is 7.30. The Labute approximate surface area is 112 Å². The quantitative estimate of drug-likeness (QED) is 0.760. The van der Waals surface area contributed by atoms with Crippen LogP contribution in [0.4, 0.5) is 5.69 Å². The molecule has 102 valence electrons. The summed E-state index contributed by atoms with van der Waals surface area (Å²) in [5.74, 6) is 1.69. The van der Waals surface area contributed by atoms with Crippen molar-refractivity contribution < 1.29 is 4.74 Å². The number of benzene rings is 1. The molecule has 2 nitrogen and oxygen atoms in total. The maximum atomic E-state index is 5.81. The first-order valence-corrected chi connectivity index (χ1v) is 7.03. The van der Waals surface area contributed by atoms with Crippen molar-refractivity contribution in [3.8, 4) is 5.75 Å². The van der Waals surface area contributed by atoms with Gasteiger partial charge in [-0.1, -0.05) is 26.8 Å². The maximum Gasteiger partial charge on any atom is 0.142 e. The highest BCUT2D eigenvalue weighted by Crippen LogP contribution is 2.27. The topological polar surface area (TPSA) is 21.3 Å². The van der Waals surface area contributed by atoms with Gasteiger partial charge in [0.2, 0.25) is 0 Å². The third-order valence-corrected chi connectivity index (χ3v) is 2.83. The first kappa shape index (κ1) is 14.9. The van der Waals surface area contributed by atoms with Crippen LogP contribution in [0, 0.1) is 12.8 Å². The second-order valence-electron chi connectivity index (χ2n) is 5.52. The summed E-state index contributed by atoms with van der Waals surface area (Å²) >= 11 is 0. The fourth-order valence-electron chi connectivity index (χ4n) is 2.11. The van der Waals surface area contributed by atoms with E-state index in [2.05, 4.69) is 58.1 Å². The summed E-state index contributed by atoms with van der Waals surface area (Å²) in [5.41, 5.74) is 2.35. The SMILES string of the molecule is CCCOc1cc(C)ccc1NC(C)CC(C)C. The Morgan fingerprint density at radius 2 is 1.94 bits per heavy atom. The van der Waals surface area contributed by atoms with Crippen LogP contribution in [0.3, 0.4) is 0 Å². The Bertz CT molecular complexity index is 360. The Hall–Kier alpha value is -1.18. The molecule has 0 heterocycles. The van der Waals surface area contributed by atoms with Crippen molar-refractivity contribution in [3.63, 3.8) is 0 Å². The van der Waals surface area contributed by atoms with Crippen LogP contribution in [0.5, 0.6) is 5.75 Å². The molecule has 2 heteroatoms. The van der Waals surface area contributed by atoms with Gasteiger partial charge in [0.1, 0.15) is 5.75 Å². The number of rotatable bonds is 7. The van der Waals surface area contributed by atoms with Crippen molar-refractivity contribution in [3.05, 3.63) is 23.8 Å². The molecule has 0 saturated carbocycles. The highest BCUT2D eigenvalue weighted by Gasteiger charge is 2.09. The number of anilines is 1. The molecule has 1 atom stereocenters. The first-order chi connectivity index (χ1) is 8.52. The van der Waals surface area contributed by atoms with E-state index in [-0.39, 0.29) is 0 Å². The lowest BCUT2D eigenvalue weighted by atomic mass is 10.0. The summed E-state index contributed by atoms with van der Waals surface area (Å²) in [6, 6.07) is 6.83. The summed E-state index contributed by atoms with van der Waals surface area (Å²) < 4.78 is 5.81. The van der Waals surface area contributed by atoms with Crippen molar-refractivity contribution in [2.24, 2.45) is 5.92 Å². The van der Waals surface area contributed by atoms with E-state index < -0.39 is 0 Å². The average Bonchev–Trinajstić information content (AvgIpc) is 2.28. The van der Waals surface area contributed by atoms with Crippen LogP contribution in [0.1, 0.15) is 46.1 Å². The molecule has 1 N–H and O–H groups in total. The molecule has 0 radical (unpaired) electrons. The molecule has 18 heavy (non-hydrogen) atoms. The first-order valence-electron chi connectivity index (χ1n) is 7.03. The number of hydrogen-bond donors (Lipinski definition) is 1. The molecule has 1 rings (SSSR count). The standard InChI is InChI=1S/C16H27NO/c1-6-9-18-16-11-13(4)7-8-15(16)17-14(5)10-12(2)3/h7-8,11-12,14,17H,6,9-10H2,1-5H3. The minimum absolute atomic E-state index is 0.469. The maximum absolute atomic E-state index is 5.81. The van der Waals surface area contributed by atoms with Gasteiger partial charge in [-0.2, -0.15) is 0 Å². The predicted octanol–water partition coefficient (Wildman–Crippen LogP) is 4.63. The molecule has 0 aromatic heterocycles. The normalized spacial score (nSPS) is 12.6. The summed E-state index contributed by atoms with van der Waals surface area (Å²) in [6.45, 7) is 11.7. The van der Waals surface area contributed by atoms with Gasteiger partial charge in [0.05, 0.1) is 12.3 Å². The van der Waals surface area contributed by atoms with Gasteiger partial charge in [0.15, 0.2) is 0 Å². The van der Waals surface area contributed by atoms with E-state index in [0.29, 0.717) is 12.0 Å². The number of aryl methyl sites for hydroxylation is 1. The molecule has 0 fully saturated rings. The number of ether oxygens (including phenoxy) is 1. The summed E-state index contributed by atoms with van der Waals surface area (Å²) in [6.07, 6.45) is 2.20. The Balaban J connectivity index is 2.73. The van der Waals surface area contributed by atoms with Crippen LogP contribution < -0.4 is 10.1 Å². The van der Waals surface area contributed by atoms with E-state index in [0.717, 1.165) is 24.5 Å². The van der Waals surface area contributed by atoms with Crippen molar-refractivity contribution in [2.75, 3.05) is 11.9 Å². The Morgan fingerprint density at radius 3 is 2.56 bits per heavy atom. The molecule has 0 spiro atoms. The van der Waals surface area contributed by atoms with Crippen LogP contribution in [0.2, 0.25) is 0 Å². The van der Waals surface area contributed by atoms with E-state index in [9.17, 15) is 0 Å². The van der Waals surface area contributed by atoms with Crippen molar-refractivity contribution in [1.29, 1.82) is 0 Å². The Morgan fingerprint density at radius 1 is 1.22 bits per heavy atom. The lowest BCUT2D eigenvalue weighted by Gasteiger charge is -2.20. The van der Waals surface area contributed by atoms with E-state index in [1.807, 2.05) is 0 Å². The van der Waals surface area contributed by atoms with Crippen LogP contribution in [0.25, 0.3) is 0 Å². The third kappa shape index (κ3) is 4.99. The molecule has 0 bridgehead atoms. The Kier molecular flexibility index (Phi) is 6.03. The van der Waals surface area contributed by atoms with Crippen molar-refractivity contribution in [1.82, 2.24) is 0 Å². The van der Waals surface area contributed by atoms with Crippen molar-refractivity contribution in [2.45, 2.75) is 53.5 Å². The van der Waals surface area contributed by atoms with Crippen molar-refractivity contribution >= 4 is 5.69 Å². The fourth-order valence-corrected chi connectivity index (χ4v) is 2.11. The lowest BCUT2D eigenvalue weighted by molar-refractivity contribution is 0.318. The molecular formula is C16H27NO. The van der Waals surface area contributed by atoms with Crippen LogP contribution >= 0.6 is 0 Å². The van der Waals surface area contributed by atoms with E-state index in [4.69, 9.17) is 4.74 Å². The second-order valence-corrected chi connectivity index (χ2v) is 5.52. The number of hydrogen-bond acceptors (Lipinski definition) is 2. The molecule has 0 aliphatic rings. The van der Waals surface area contributed by atoms with Crippen LogP contribution in [-0.4, -0.2) is 12.6 Å². The highest BCUT2D eigenvalue weighted by molar-refractivity contribution is 5.58. The van der Waals surface area contributed by atoms with Crippen LogP contribution in [-0.2, 0) is 0 Å². The molecule has 1 unspecified atom stereocenters. The molecule has 1 aromatic rings. The van der Waals surface area contributed by atoms with E-state index >= 15 is 0 Å². The molecule has 1 aromatic carbocycles. The molecule has 0 amide bonds. The van der Waals surface area contributed by atoms with Gasteiger partial charge >= 0.3 is 0 Å². The minimum Gasteiger partial charge on any atom is -0.491 e. The van der Waals surface area contributed by atoms with E-state index in [1.165, 1.54) is 12.0 Å². The van der Waals surface area contributed by atoms with Crippen LogP contribution in [0.15, 0.2) is 18.2 Å². The zero-order chi connectivity index (χ0) is 13.5. The molecule has 0 aliphatic carbocycles. The summed E-state index contributed by atoms with van der Waals surface area (Å²) in [4.78, 5) is 0. The van der Waals surface area contributed by atoms with E-state index in [1.54, 1.807) is 0 Å². The van der Waals surface area contributed by atoms with Gasteiger partial charge in [-0.3, -0.25) is 0 Å². The van der Waals surface area contributed by atoms with Gasteiger partial charge in [0.25, 0.3) is 0 Å². The van der Waals surface area contributed by atoms with Gasteiger partial charge in [-0.25, -0.2) is 0 Å². The van der Waals surface area contributed by atoms with Gasteiger partial charge in [0, 0.05) is 6.04 Å². The van der Waals surface area contributed by atoms with Gasteiger partial charge in [-0.05, 0) is 50.3 Å². The number of nitrogens with one attached hydrogen (secondary N) is 1. The zero-order valence-electron chi connectivity index (χ0n) is 12.4. The third-order valence-electron chi connectivity index (χ3n) is 2.83.